The van der Waals surface area contributed by atoms with Crippen LogP contribution >= 0.6 is 23.5 Å². The lowest BCUT2D eigenvalue weighted by Gasteiger charge is -2.25. The first-order valence-corrected chi connectivity index (χ1v) is 7.03. The Kier molecular flexibility index (Phi) is 3.70. The fourth-order valence-corrected chi connectivity index (χ4v) is 3.07. The average molecular weight is 281 g/mol. The molecule has 3 rings (SSSR count). The van der Waals surface area contributed by atoms with E-state index in [2.05, 4.69) is 21.4 Å². The molecule has 1 aliphatic heterocycles. The van der Waals surface area contributed by atoms with Gasteiger partial charge in [-0.25, -0.2) is 4.31 Å². The molecule has 0 amide bonds. The predicted octanol–water partition coefficient (Wildman–Crippen LogP) is 3.23. The number of hydrogen-bond donors (Lipinski definition) is 0. The highest BCUT2D eigenvalue weighted by atomic mass is 35.5. The third-order valence-corrected chi connectivity index (χ3v) is 4.28. The van der Waals surface area contributed by atoms with Crippen LogP contribution in [0.5, 0.6) is 0 Å². The van der Waals surface area contributed by atoms with Gasteiger partial charge in [-0.3, -0.25) is 4.98 Å². The number of ether oxygens (including phenoxy) is 1. The van der Waals surface area contributed by atoms with Gasteiger partial charge < -0.3 is 4.74 Å². The van der Waals surface area contributed by atoms with E-state index in [9.17, 15) is 0 Å². The van der Waals surface area contributed by atoms with E-state index < -0.39 is 0 Å². The molecule has 0 unspecified atom stereocenters. The van der Waals surface area contributed by atoms with Gasteiger partial charge in [0, 0.05) is 29.6 Å². The number of nitrogens with zero attached hydrogens (tertiary/aromatic N) is 2. The Labute approximate surface area is 115 Å². The molecule has 18 heavy (non-hydrogen) atoms. The minimum absolute atomic E-state index is 0.754. The second-order valence-corrected chi connectivity index (χ2v) is 5.68. The van der Waals surface area contributed by atoms with Crippen LogP contribution in [0.15, 0.2) is 35.4 Å². The van der Waals surface area contributed by atoms with Crippen LogP contribution in [0.25, 0.3) is 10.9 Å². The zero-order valence-corrected chi connectivity index (χ0v) is 11.4. The Morgan fingerprint density at radius 1 is 1.22 bits per heavy atom. The summed E-state index contributed by atoms with van der Waals surface area (Å²) in [7, 11) is 0. The van der Waals surface area contributed by atoms with E-state index in [4.69, 9.17) is 16.3 Å². The fourth-order valence-electron chi connectivity index (χ4n) is 1.94. The molecule has 1 aromatic carbocycles. The van der Waals surface area contributed by atoms with Crippen LogP contribution < -0.4 is 0 Å². The first kappa shape index (κ1) is 12.2. The molecule has 1 saturated heterocycles. The molecule has 0 saturated carbocycles. The van der Waals surface area contributed by atoms with E-state index in [0.717, 1.165) is 42.2 Å². The van der Waals surface area contributed by atoms with Crippen LogP contribution in [-0.2, 0) is 4.74 Å². The summed E-state index contributed by atoms with van der Waals surface area (Å²) in [5.74, 6) is 0. The standard InChI is InChI=1S/C13H13ClN2OS/c14-12-3-4-15-13-2-1-10(9-11(12)13)18-16-5-7-17-8-6-16/h1-4,9H,5-8H2. The van der Waals surface area contributed by atoms with E-state index in [-0.39, 0.29) is 0 Å². The molecule has 0 aliphatic carbocycles. The molecule has 3 nitrogen and oxygen atoms in total. The number of morpholine rings is 1. The van der Waals surface area contributed by atoms with E-state index >= 15 is 0 Å². The zero-order chi connectivity index (χ0) is 12.4. The molecule has 1 aliphatic rings. The van der Waals surface area contributed by atoms with Crippen molar-refractivity contribution in [1.29, 1.82) is 0 Å². The molecule has 1 aromatic heterocycles. The lowest BCUT2D eigenvalue weighted by molar-refractivity contribution is 0.0773. The lowest BCUT2D eigenvalue weighted by Crippen LogP contribution is -2.30. The predicted molar refractivity (Wildman–Crippen MR) is 75.0 cm³/mol. The maximum absolute atomic E-state index is 6.19. The largest absolute Gasteiger partial charge is 0.379 e. The van der Waals surface area contributed by atoms with Crippen molar-refractivity contribution < 1.29 is 4.74 Å². The maximum Gasteiger partial charge on any atom is 0.0717 e. The first-order valence-electron chi connectivity index (χ1n) is 5.88. The monoisotopic (exact) mass is 280 g/mol. The molecule has 94 valence electrons. The number of pyridine rings is 1. The Morgan fingerprint density at radius 2 is 2.06 bits per heavy atom. The van der Waals surface area contributed by atoms with Crippen molar-refractivity contribution in [2.45, 2.75) is 4.90 Å². The molecule has 0 N–H and O–H groups in total. The van der Waals surface area contributed by atoms with Crippen molar-refractivity contribution in [3.63, 3.8) is 0 Å². The zero-order valence-electron chi connectivity index (χ0n) is 9.80. The van der Waals surface area contributed by atoms with Crippen LogP contribution in [-0.4, -0.2) is 35.6 Å². The summed E-state index contributed by atoms with van der Waals surface area (Å²) in [5.41, 5.74) is 0.939. The summed E-state index contributed by atoms with van der Waals surface area (Å²) in [6, 6.07) is 8.04. The van der Waals surface area contributed by atoms with E-state index in [1.807, 2.05) is 12.1 Å². The maximum atomic E-state index is 6.19. The molecule has 1 fully saturated rings. The number of benzene rings is 1. The molecule has 2 aromatic rings. The van der Waals surface area contributed by atoms with Gasteiger partial charge in [0.2, 0.25) is 0 Å². The first-order chi connectivity index (χ1) is 8.83. The highest BCUT2D eigenvalue weighted by molar-refractivity contribution is 7.97. The summed E-state index contributed by atoms with van der Waals surface area (Å²) in [5, 5.41) is 1.77. The fraction of sp³-hybridized carbons (Fsp3) is 0.308. The quantitative estimate of drug-likeness (QED) is 0.789. The van der Waals surface area contributed by atoms with E-state index in [1.54, 1.807) is 18.1 Å². The molecule has 0 bridgehead atoms. The van der Waals surface area contributed by atoms with Crippen molar-refractivity contribution in [3.8, 4) is 0 Å². The second-order valence-electron chi connectivity index (χ2n) is 4.10. The Hall–Kier alpha value is -0.810. The summed E-state index contributed by atoms with van der Waals surface area (Å²) in [4.78, 5) is 5.50. The van der Waals surface area contributed by atoms with Gasteiger partial charge in [-0.05, 0) is 36.2 Å². The Bertz CT molecular complexity index is 558. The van der Waals surface area contributed by atoms with Crippen LogP contribution in [0.3, 0.4) is 0 Å². The third-order valence-electron chi connectivity index (χ3n) is 2.86. The number of hydrogen-bond acceptors (Lipinski definition) is 4. The van der Waals surface area contributed by atoms with Crippen molar-refractivity contribution in [3.05, 3.63) is 35.5 Å². The summed E-state index contributed by atoms with van der Waals surface area (Å²) < 4.78 is 7.66. The second kappa shape index (κ2) is 5.45. The van der Waals surface area contributed by atoms with Crippen molar-refractivity contribution >= 4 is 34.5 Å². The molecule has 2 heterocycles. The number of fused-ring (bicyclic) bond motifs is 1. The van der Waals surface area contributed by atoms with Gasteiger partial charge in [0.25, 0.3) is 0 Å². The minimum atomic E-state index is 0.754. The van der Waals surface area contributed by atoms with E-state index in [1.165, 1.54) is 4.90 Å². The number of halogens is 1. The molecule has 0 spiro atoms. The molecule has 0 atom stereocenters. The topological polar surface area (TPSA) is 25.4 Å². The van der Waals surface area contributed by atoms with Crippen molar-refractivity contribution in [1.82, 2.24) is 9.29 Å². The van der Waals surface area contributed by atoms with Crippen LogP contribution in [0.1, 0.15) is 0 Å². The molecular weight excluding hydrogens is 268 g/mol. The molecule has 5 heteroatoms. The molecule has 0 radical (unpaired) electrons. The smallest absolute Gasteiger partial charge is 0.0717 e. The van der Waals surface area contributed by atoms with Gasteiger partial charge in [-0.1, -0.05) is 11.6 Å². The third kappa shape index (κ3) is 2.62. The Balaban J connectivity index is 1.86. The van der Waals surface area contributed by atoms with Crippen molar-refractivity contribution in [2.75, 3.05) is 26.3 Å². The average Bonchev–Trinajstić information content (AvgIpc) is 2.41. The lowest BCUT2D eigenvalue weighted by atomic mass is 10.2. The van der Waals surface area contributed by atoms with E-state index in [0.29, 0.717) is 0 Å². The van der Waals surface area contributed by atoms with Crippen LogP contribution in [0.4, 0.5) is 0 Å². The van der Waals surface area contributed by atoms with Gasteiger partial charge >= 0.3 is 0 Å². The summed E-state index contributed by atoms with van der Waals surface area (Å²) in [6.07, 6.45) is 1.74. The normalized spacial score (nSPS) is 17.2. The van der Waals surface area contributed by atoms with Crippen LogP contribution in [0.2, 0.25) is 5.02 Å². The summed E-state index contributed by atoms with van der Waals surface area (Å²) in [6.45, 7) is 3.54. The summed E-state index contributed by atoms with van der Waals surface area (Å²) >= 11 is 7.94. The van der Waals surface area contributed by atoms with Gasteiger partial charge in [0.05, 0.1) is 23.8 Å². The number of rotatable bonds is 2. The van der Waals surface area contributed by atoms with Gasteiger partial charge in [0.15, 0.2) is 0 Å². The highest BCUT2D eigenvalue weighted by Crippen LogP contribution is 2.29. The SMILES string of the molecule is Clc1ccnc2ccc(SN3CCOCC3)cc12. The molecular formula is C13H13ClN2OS. The Morgan fingerprint density at radius 3 is 2.89 bits per heavy atom. The van der Waals surface area contributed by atoms with Crippen molar-refractivity contribution in [2.24, 2.45) is 0 Å². The van der Waals surface area contributed by atoms with Gasteiger partial charge in [-0.15, -0.1) is 0 Å². The van der Waals surface area contributed by atoms with Crippen LogP contribution in [0, 0.1) is 0 Å². The number of aromatic nitrogens is 1. The van der Waals surface area contributed by atoms with Gasteiger partial charge in [0.1, 0.15) is 0 Å². The van der Waals surface area contributed by atoms with Gasteiger partial charge in [-0.2, -0.15) is 0 Å². The minimum Gasteiger partial charge on any atom is -0.379 e. The highest BCUT2D eigenvalue weighted by Gasteiger charge is 2.12.